The fourth-order valence-electron chi connectivity index (χ4n) is 3.04. The topological polar surface area (TPSA) is 42.7 Å². The molecule has 0 amide bonds. The van der Waals surface area contributed by atoms with E-state index in [9.17, 15) is 4.79 Å². The molecule has 0 fully saturated rings. The Labute approximate surface area is 147 Å². The van der Waals surface area contributed by atoms with Crippen LogP contribution in [-0.2, 0) is 13.1 Å². The van der Waals surface area contributed by atoms with E-state index in [-0.39, 0.29) is 5.63 Å². The highest BCUT2D eigenvalue weighted by molar-refractivity contribution is 5.83. The zero-order valence-electron chi connectivity index (χ0n) is 15.1. The first-order chi connectivity index (χ1) is 12.0. The molecular weight excluding hydrogens is 314 g/mol. The molecular formula is C21H23NO3. The van der Waals surface area contributed by atoms with Crippen LogP contribution in [0.4, 0.5) is 0 Å². The molecule has 130 valence electrons. The van der Waals surface area contributed by atoms with E-state index >= 15 is 0 Å². The predicted octanol–water partition coefficient (Wildman–Crippen LogP) is 4.05. The number of ether oxygens (including phenoxy) is 1. The van der Waals surface area contributed by atoms with Gasteiger partial charge in [0.15, 0.2) is 0 Å². The van der Waals surface area contributed by atoms with Gasteiger partial charge in [-0.2, -0.15) is 0 Å². The van der Waals surface area contributed by atoms with E-state index in [1.54, 1.807) is 13.2 Å². The molecule has 3 rings (SSSR count). The molecule has 4 heteroatoms. The number of hydrogen-bond acceptors (Lipinski definition) is 4. The molecule has 0 bridgehead atoms. The van der Waals surface area contributed by atoms with Crippen LogP contribution in [0, 0.1) is 13.8 Å². The summed E-state index contributed by atoms with van der Waals surface area (Å²) in [6.45, 7) is 5.48. The Morgan fingerprint density at radius 1 is 1.04 bits per heavy atom. The van der Waals surface area contributed by atoms with Crippen LogP contribution in [0.5, 0.6) is 5.75 Å². The summed E-state index contributed by atoms with van der Waals surface area (Å²) in [5, 5.41) is 1.00. The van der Waals surface area contributed by atoms with Crippen LogP contribution in [0.15, 0.2) is 51.7 Å². The van der Waals surface area contributed by atoms with Crippen LogP contribution in [0.1, 0.15) is 22.3 Å². The first kappa shape index (κ1) is 17.2. The Kier molecular flexibility index (Phi) is 4.91. The normalized spacial score (nSPS) is 11.2. The van der Waals surface area contributed by atoms with Gasteiger partial charge < -0.3 is 9.15 Å². The lowest BCUT2D eigenvalue weighted by molar-refractivity contribution is 0.319. The lowest BCUT2D eigenvalue weighted by Gasteiger charge is -2.18. The van der Waals surface area contributed by atoms with Gasteiger partial charge in [0.2, 0.25) is 0 Å². The van der Waals surface area contributed by atoms with Gasteiger partial charge in [-0.1, -0.05) is 24.3 Å². The minimum absolute atomic E-state index is 0.297. The molecule has 0 radical (unpaired) electrons. The van der Waals surface area contributed by atoms with E-state index in [2.05, 4.69) is 23.1 Å². The maximum absolute atomic E-state index is 12.0. The van der Waals surface area contributed by atoms with Gasteiger partial charge >= 0.3 is 5.63 Å². The Hall–Kier alpha value is -2.59. The zero-order chi connectivity index (χ0) is 18.0. The Balaban J connectivity index is 1.86. The number of methoxy groups -OCH3 is 1. The van der Waals surface area contributed by atoms with Crippen molar-refractivity contribution in [1.29, 1.82) is 0 Å². The number of fused-ring (bicyclic) bond motifs is 1. The van der Waals surface area contributed by atoms with E-state index in [4.69, 9.17) is 9.15 Å². The third kappa shape index (κ3) is 3.74. The largest absolute Gasteiger partial charge is 0.497 e. The van der Waals surface area contributed by atoms with Crippen molar-refractivity contribution in [3.63, 3.8) is 0 Å². The van der Waals surface area contributed by atoms with Crippen LogP contribution in [-0.4, -0.2) is 19.1 Å². The summed E-state index contributed by atoms with van der Waals surface area (Å²) >= 11 is 0. The lowest BCUT2D eigenvalue weighted by atomic mass is 10.0. The van der Waals surface area contributed by atoms with Gasteiger partial charge in [0.1, 0.15) is 11.3 Å². The molecule has 0 unspecified atom stereocenters. The molecule has 2 aromatic carbocycles. The van der Waals surface area contributed by atoms with Gasteiger partial charge in [0.25, 0.3) is 0 Å². The van der Waals surface area contributed by atoms with E-state index in [0.717, 1.165) is 34.4 Å². The van der Waals surface area contributed by atoms with Crippen LogP contribution in [0.2, 0.25) is 0 Å². The summed E-state index contributed by atoms with van der Waals surface area (Å²) in [4.78, 5) is 14.2. The second kappa shape index (κ2) is 7.11. The fraction of sp³-hybridized carbons (Fsp3) is 0.286. The van der Waals surface area contributed by atoms with Crippen LogP contribution in [0.25, 0.3) is 11.0 Å². The van der Waals surface area contributed by atoms with E-state index in [0.29, 0.717) is 12.1 Å². The smallest absolute Gasteiger partial charge is 0.336 e. The minimum Gasteiger partial charge on any atom is -0.497 e. The lowest BCUT2D eigenvalue weighted by Crippen LogP contribution is -2.18. The number of nitrogens with zero attached hydrogens (tertiary/aromatic N) is 1. The minimum atomic E-state index is -0.297. The zero-order valence-corrected chi connectivity index (χ0v) is 15.1. The summed E-state index contributed by atoms with van der Waals surface area (Å²) in [7, 11) is 3.71. The number of hydrogen-bond donors (Lipinski definition) is 0. The van der Waals surface area contributed by atoms with Crippen molar-refractivity contribution < 1.29 is 9.15 Å². The average molecular weight is 337 g/mol. The van der Waals surface area contributed by atoms with Crippen molar-refractivity contribution >= 4 is 11.0 Å². The van der Waals surface area contributed by atoms with E-state index < -0.39 is 0 Å². The number of aryl methyl sites for hydroxylation is 2. The summed E-state index contributed by atoms with van der Waals surface area (Å²) in [5.74, 6) is 0.851. The molecule has 0 spiro atoms. The molecule has 4 nitrogen and oxygen atoms in total. The summed E-state index contributed by atoms with van der Waals surface area (Å²) in [6, 6.07) is 13.7. The summed E-state index contributed by atoms with van der Waals surface area (Å²) in [6.07, 6.45) is 0. The molecule has 1 aromatic heterocycles. The molecule has 0 saturated carbocycles. The van der Waals surface area contributed by atoms with Crippen molar-refractivity contribution in [2.24, 2.45) is 0 Å². The number of rotatable bonds is 5. The van der Waals surface area contributed by atoms with Crippen LogP contribution in [0.3, 0.4) is 0 Å². The molecule has 0 saturated heterocycles. The van der Waals surface area contributed by atoms with Gasteiger partial charge in [-0.05, 0) is 55.3 Å². The van der Waals surface area contributed by atoms with E-state index in [1.807, 2.05) is 39.1 Å². The standard InChI is InChI=1S/C21H23NO3/c1-14-5-10-19-17(11-20(23)25-21(19)15(14)2)13-22(3)12-16-6-8-18(24-4)9-7-16/h5-11H,12-13H2,1-4H3. The molecule has 0 aliphatic heterocycles. The quantitative estimate of drug-likeness (QED) is 0.659. The van der Waals surface area contributed by atoms with Crippen molar-refractivity contribution in [2.45, 2.75) is 26.9 Å². The van der Waals surface area contributed by atoms with Crippen molar-refractivity contribution in [3.05, 3.63) is 75.1 Å². The second-order valence-corrected chi connectivity index (χ2v) is 6.50. The van der Waals surface area contributed by atoms with Gasteiger partial charge in [-0.25, -0.2) is 4.79 Å². The maximum atomic E-state index is 12.0. The van der Waals surface area contributed by atoms with E-state index in [1.165, 1.54) is 5.56 Å². The predicted molar refractivity (Wildman–Crippen MR) is 100 cm³/mol. The van der Waals surface area contributed by atoms with Crippen molar-refractivity contribution in [2.75, 3.05) is 14.2 Å². The molecule has 0 aliphatic rings. The highest BCUT2D eigenvalue weighted by Gasteiger charge is 2.11. The molecule has 0 N–H and O–H groups in total. The molecule has 0 atom stereocenters. The molecule has 0 aliphatic carbocycles. The van der Waals surface area contributed by atoms with Gasteiger partial charge in [0.05, 0.1) is 7.11 Å². The van der Waals surface area contributed by atoms with Gasteiger partial charge in [-0.15, -0.1) is 0 Å². The third-order valence-corrected chi connectivity index (χ3v) is 4.57. The Morgan fingerprint density at radius 3 is 2.44 bits per heavy atom. The van der Waals surface area contributed by atoms with Gasteiger partial charge in [-0.3, -0.25) is 4.90 Å². The fourth-order valence-corrected chi connectivity index (χ4v) is 3.04. The molecule has 3 aromatic rings. The monoisotopic (exact) mass is 337 g/mol. The van der Waals surface area contributed by atoms with Crippen LogP contribution < -0.4 is 10.4 Å². The van der Waals surface area contributed by atoms with Crippen LogP contribution >= 0.6 is 0 Å². The summed E-state index contributed by atoms with van der Waals surface area (Å²) < 4.78 is 10.6. The Morgan fingerprint density at radius 2 is 1.76 bits per heavy atom. The third-order valence-electron chi connectivity index (χ3n) is 4.57. The average Bonchev–Trinajstić information content (AvgIpc) is 2.59. The first-order valence-electron chi connectivity index (χ1n) is 8.32. The van der Waals surface area contributed by atoms with Crippen molar-refractivity contribution in [1.82, 2.24) is 4.90 Å². The molecule has 1 heterocycles. The maximum Gasteiger partial charge on any atom is 0.336 e. The Bertz CT molecular complexity index is 942. The number of benzene rings is 2. The van der Waals surface area contributed by atoms with Gasteiger partial charge in [0, 0.05) is 24.5 Å². The SMILES string of the molecule is COc1ccc(CN(C)Cc2cc(=O)oc3c(C)c(C)ccc23)cc1. The highest BCUT2D eigenvalue weighted by Crippen LogP contribution is 2.24. The first-order valence-corrected chi connectivity index (χ1v) is 8.32. The summed E-state index contributed by atoms with van der Waals surface area (Å²) in [5.41, 5.74) is 4.73. The second-order valence-electron chi connectivity index (χ2n) is 6.50. The molecule has 25 heavy (non-hydrogen) atoms. The highest BCUT2D eigenvalue weighted by atomic mass is 16.5. The van der Waals surface area contributed by atoms with Crippen molar-refractivity contribution in [3.8, 4) is 5.75 Å².